The minimum atomic E-state index is -0.130. The molecule has 0 spiro atoms. The van der Waals surface area contributed by atoms with Gasteiger partial charge in [0.2, 0.25) is 5.91 Å². The van der Waals surface area contributed by atoms with Crippen molar-refractivity contribution in [3.8, 4) is 0 Å². The van der Waals surface area contributed by atoms with E-state index < -0.39 is 0 Å². The van der Waals surface area contributed by atoms with E-state index in [1.54, 1.807) is 0 Å². The van der Waals surface area contributed by atoms with Crippen LogP contribution in [0.4, 0.5) is 0 Å². The van der Waals surface area contributed by atoms with Gasteiger partial charge < -0.3 is 16.0 Å². The summed E-state index contributed by atoms with van der Waals surface area (Å²) in [4.78, 5) is 13.7. The maximum absolute atomic E-state index is 11.6. The van der Waals surface area contributed by atoms with Crippen molar-refractivity contribution in [1.82, 2.24) is 10.2 Å². The number of nitrogens with zero attached hydrogens (tertiary/aromatic N) is 1. The zero-order chi connectivity index (χ0) is 13.5. The van der Waals surface area contributed by atoms with E-state index in [4.69, 9.17) is 5.73 Å². The summed E-state index contributed by atoms with van der Waals surface area (Å²) < 4.78 is 0. The molecule has 1 atom stereocenters. The molecule has 1 unspecified atom stereocenters. The highest BCUT2D eigenvalue weighted by atomic mass is 35.5. The molecule has 0 bridgehead atoms. The quantitative estimate of drug-likeness (QED) is 0.840. The fourth-order valence-electron chi connectivity index (χ4n) is 1.67. The Morgan fingerprint density at radius 3 is 2.45 bits per heavy atom. The van der Waals surface area contributed by atoms with Crippen molar-refractivity contribution in [2.45, 2.75) is 20.0 Å². The minimum Gasteiger partial charge on any atom is -0.352 e. The molecule has 3 N–H and O–H groups in total. The number of carbonyl (C=O) groups excluding carboxylic acids is 1. The summed E-state index contributed by atoms with van der Waals surface area (Å²) in [6.45, 7) is 3.68. The second-order valence-corrected chi connectivity index (χ2v) is 4.91. The van der Waals surface area contributed by atoms with Gasteiger partial charge in [-0.15, -0.1) is 24.8 Å². The molecule has 20 heavy (non-hydrogen) atoms. The molecule has 6 heteroatoms. The van der Waals surface area contributed by atoms with Crippen LogP contribution in [0.1, 0.15) is 18.1 Å². The SMILES string of the molecule is CC(CN)C(=O)NCc1cccc(CN(C)C)c1.Cl.Cl. The zero-order valence-corrected chi connectivity index (χ0v) is 13.9. The predicted molar refractivity (Wildman–Crippen MR) is 88.4 cm³/mol. The Morgan fingerprint density at radius 1 is 1.30 bits per heavy atom. The van der Waals surface area contributed by atoms with Crippen molar-refractivity contribution in [2.75, 3.05) is 20.6 Å². The van der Waals surface area contributed by atoms with E-state index in [1.807, 2.05) is 33.2 Å². The van der Waals surface area contributed by atoms with Crippen molar-refractivity contribution >= 4 is 30.7 Å². The summed E-state index contributed by atoms with van der Waals surface area (Å²) in [7, 11) is 4.08. The maximum atomic E-state index is 11.6. The van der Waals surface area contributed by atoms with Crippen LogP contribution in [0, 0.1) is 5.92 Å². The smallest absolute Gasteiger partial charge is 0.224 e. The second-order valence-electron chi connectivity index (χ2n) is 4.91. The summed E-state index contributed by atoms with van der Waals surface area (Å²) in [5.41, 5.74) is 7.82. The number of benzene rings is 1. The molecule has 116 valence electrons. The lowest BCUT2D eigenvalue weighted by Gasteiger charge is -2.12. The lowest BCUT2D eigenvalue weighted by Crippen LogP contribution is -2.32. The minimum absolute atomic E-state index is 0. The first-order valence-electron chi connectivity index (χ1n) is 6.23. The number of hydrogen-bond donors (Lipinski definition) is 2. The highest BCUT2D eigenvalue weighted by Crippen LogP contribution is 2.07. The monoisotopic (exact) mass is 321 g/mol. The van der Waals surface area contributed by atoms with Crippen molar-refractivity contribution in [3.63, 3.8) is 0 Å². The van der Waals surface area contributed by atoms with Crippen LogP contribution in [0.25, 0.3) is 0 Å². The van der Waals surface area contributed by atoms with Crippen LogP contribution in [-0.2, 0) is 17.9 Å². The Balaban J connectivity index is 0. The number of nitrogens with two attached hydrogens (primary N) is 1. The molecule has 0 saturated heterocycles. The van der Waals surface area contributed by atoms with Gasteiger partial charge in [-0.05, 0) is 25.2 Å². The molecule has 0 saturated carbocycles. The van der Waals surface area contributed by atoms with E-state index in [0.29, 0.717) is 13.1 Å². The first-order valence-corrected chi connectivity index (χ1v) is 6.23. The van der Waals surface area contributed by atoms with Gasteiger partial charge in [-0.1, -0.05) is 31.2 Å². The van der Waals surface area contributed by atoms with Gasteiger partial charge in [0.05, 0.1) is 0 Å². The van der Waals surface area contributed by atoms with Gasteiger partial charge in [-0.2, -0.15) is 0 Å². The number of amides is 1. The third-order valence-electron chi connectivity index (χ3n) is 2.76. The van der Waals surface area contributed by atoms with Crippen LogP contribution < -0.4 is 11.1 Å². The van der Waals surface area contributed by atoms with Crippen molar-refractivity contribution in [1.29, 1.82) is 0 Å². The highest BCUT2D eigenvalue weighted by Gasteiger charge is 2.09. The van der Waals surface area contributed by atoms with Gasteiger partial charge in [0, 0.05) is 25.6 Å². The maximum Gasteiger partial charge on any atom is 0.224 e. The molecule has 0 aliphatic rings. The Labute approximate surface area is 133 Å². The Hall–Kier alpha value is -0.810. The molecule has 0 fully saturated rings. The van der Waals surface area contributed by atoms with Gasteiger partial charge >= 0.3 is 0 Å². The third kappa shape index (κ3) is 7.70. The lowest BCUT2D eigenvalue weighted by molar-refractivity contribution is -0.124. The Kier molecular flexibility index (Phi) is 11.7. The average Bonchev–Trinajstić information content (AvgIpc) is 2.34. The van der Waals surface area contributed by atoms with E-state index in [-0.39, 0.29) is 36.6 Å². The van der Waals surface area contributed by atoms with Gasteiger partial charge in [-0.25, -0.2) is 0 Å². The number of rotatable bonds is 6. The van der Waals surface area contributed by atoms with E-state index >= 15 is 0 Å². The normalized spacial score (nSPS) is 11.2. The standard InChI is InChI=1S/C14H23N3O.2ClH/c1-11(8-15)14(18)16-9-12-5-4-6-13(7-12)10-17(2)3;;/h4-7,11H,8-10,15H2,1-3H3,(H,16,18);2*1H. The number of hydrogen-bond acceptors (Lipinski definition) is 3. The van der Waals surface area contributed by atoms with Gasteiger partial charge in [0.25, 0.3) is 0 Å². The molecule has 1 rings (SSSR count). The Morgan fingerprint density at radius 2 is 1.90 bits per heavy atom. The molecular weight excluding hydrogens is 297 g/mol. The molecule has 0 aliphatic heterocycles. The van der Waals surface area contributed by atoms with Gasteiger partial charge in [0.1, 0.15) is 0 Å². The molecule has 1 aromatic carbocycles. The summed E-state index contributed by atoms with van der Waals surface area (Å²) >= 11 is 0. The second kappa shape index (κ2) is 10.9. The Bertz CT molecular complexity index is 400. The summed E-state index contributed by atoms with van der Waals surface area (Å²) in [5.74, 6) is -0.120. The largest absolute Gasteiger partial charge is 0.352 e. The average molecular weight is 322 g/mol. The molecule has 4 nitrogen and oxygen atoms in total. The van der Waals surface area contributed by atoms with Crippen molar-refractivity contribution < 1.29 is 4.79 Å². The van der Waals surface area contributed by atoms with E-state index in [9.17, 15) is 4.79 Å². The van der Waals surface area contributed by atoms with Crippen molar-refractivity contribution in [3.05, 3.63) is 35.4 Å². The topological polar surface area (TPSA) is 58.4 Å². The summed E-state index contributed by atoms with van der Waals surface area (Å²) in [6.07, 6.45) is 0. The van der Waals surface area contributed by atoms with Crippen LogP contribution >= 0.6 is 24.8 Å². The van der Waals surface area contributed by atoms with Crippen LogP contribution in [0.5, 0.6) is 0 Å². The van der Waals surface area contributed by atoms with Gasteiger partial charge in [0.15, 0.2) is 0 Å². The number of nitrogens with one attached hydrogen (secondary N) is 1. The molecule has 0 radical (unpaired) electrons. The predicted octanol–water partition coefficient (Wildman–Crippen LogP) is 1.80. The van der Waals surface area contributed by atoms with Crippen LogP contribution in [0.2, 0.25) is 0 Å². The van der Waals surface area contributed by atoms with Gasteiger partial charge in [-0.3, -0.25) is 4.79 Å². The van der Waals surface area contributed by atoms with E-state index in [2.05, 4.69) is 22.3 Å². The molecule has 1 amide bonds. The van der Waals surface area contributed by atoms with Crippen LogP contribution in [-0.4, -0.2) is 31.4 Å². The van der Waals surface area contributed by atoms with E-state index in [1.165, 1.54) is 5.56 Å². The lowest BCUT2D eigenvalue weighted by atomic mass is 10.1. The fourth-order valence-corrected chi connectivity index (χ4v) is 1.67. The first-order chi connectivity index (χ1) is 8.52. The summed E-state index contributed by atoms with van der Waals surface area (Å²) in [6, 6.07) is 8.25. The van der Waals surface area contributed by atoms with Crippen LogP contribution in [0.15, 0.2) is 24.3 Å². The first kappa shape index (κ1) is 21.5. The molecule has 1 aromatic rings. The summed E-state index contributed by atoms with van der Waals surface area (Å²) in [5, 5.41) is 2.90. The highest BCUT2D eigenvalue weighted by molar-refractivity contribution is 5.85. The number of carbonyl (C=O) groups is 1. The zero-order valence-electron chi connectivity index (χ0n) is 12.3. The van der Waals surface area contributed by atoms with E-state index in [0.717, 1.165) is 12.1 Å². The van der Waals surface area contributed by atoms with Crippen molar-refractivity contribution in [2.24, 2.45) is 11.7 Å². The van der Waals surface area contributed by atoms with Crippen LogP contribution in [0.3, 0.4) is 0 Å². The molecule has 0 heterocycles. The third-order valence-corrected chi connectivity index (χ3v) is 2.76. The number of halogens is 2. The fraction of sp³-hybridized carbons (Fsp3) is 0.500. The molecule has 0 aromatic heterocycles. The molecule has 0 aliphatic carbocycles. The molecular formula is C14H25Cl2N3O.